The van der Waals surface area contributed by atoms with E-state index in [4.69, 9.17) is 4.74 Å². The van der Waals surface area contributed by atoms with Crippen LogP contribution in [0, 0.1) is 5.92 Å². The molecule has 0 N–H and O–H groups in total. The van der Waals surface area contributed by atoms with Crippen LogP contribution < -0.4 is 0 Å². The van der Waals surface area contributed by atoms with E-state index in [1.807, 2.05) is 25.7 Å². The first kappa shape index (κ1) is 15.3. The maximum absolute atomic E-state index is 11.9. The number of carbonyl (C=O) groups is 1. The summed E-state index contributed by atoms with van der Waals surface area (Å²) in [4.78, 5) is 13.7. The molecule has 1 amide bonds. The first-order chi connectivity index (χ1) is 7.26. The number of carbonyl (C=O) groups excluding carboxylic acids is 1. The standard InChI is InChI=1S/C13H27NO2/c1-7-8-9-14(10-11(2)3)12(15)16-13(4,5)6/h11H,7-10H2,1-6H3. The highest BCUT2D eigenvalue weighted by molar-refractivity contribution is 5.68. The Balaban J connectivity index is 4.31. The third-order valence-electron chi connectivity index (χ3n) is 2.02. The molecule has 0 aliphatic heterocycles. The van der Waals surface area contributed by atoms with Crippen molar-refractivity contribution in [3.8, 4) is 0 Å². The van der Waals surface area contributed by atoms with Crippen LogP contribution in [0.15, 0.2) is 0 Å². The van der Waals surface area contributed by atoms with Crippen molar-refractivity contribution < 1.29 is 9.53 Å². The molecule has 0 atom stereocenters. The van der Waals surface area contributed by atoms with Gasteiger partial charge in [0.05, 0.1) is 0 Å². The van der Waals surface area contributed by atoms with E-state index in [9.17, 15) is 4.79 Å². The maximum atomic E-state index is 11.9. The molecule has 0 saturated heterocycles. The zero-order valence-electron chi connectivity index (χ0n) is 11.7. The normalized spacial score (nSPS) is 11.7. The van der Waals surface area contributed by atoms with Crippen LogP contribution in [0.4, 0.5) is 4.79 Å². The fourth-order valence-electron chi connectivity index (χ4n) is 1.37. The lowest BCUT2D eigenvalue weighted by atomic mass is 10.2. The molecule has 0 spiro atoms. The zero-order valence-corrected chi connectivity index (χ0v) is 11.7. The molecular weight excluding hydrogens is 202 g/mol. The molecular formula is C13H27NO2. The van der Waals surface area contributed by atoms with E-state index >= 15 is 0 Å². The molecule has 0 aromatic rings. The quantitative estimate of drug-likeness (QED) is 0.719. The number of hydrogen-bond donors (Lipinski definition) is 0. The fraction of sp³-hybridized carbons (Fsp3) is 0.923. The number of nitrogens with zero attached hydrogens (tertiary/aromatic N) is 1. The predicted molar refractivity (Wildman–Crippen MR) is 67.6 cm³/mol. The van der Waals surface area contributed by atoms with Crippen molar-refractivity contribution in [2.75, 3.05) is 13.1 Å². The van der Waals surface area contributed by atoms with Gasteiger partial charge in [0.25, 0.3) is 0 Å². The minimum Gasteiger partial charge on any atom is -0.444 e. The Kier molecular flexibility index (Phi) is 6.46. The van der Waals surface area contributed by atoms with Gasteiger partial charge in [-0.1, -0.05) is 27.2 Å². The van der Waals surface area contributed by atoms with Crippen molar-refractivity contribution in [2.24, 2.45) is 5.92 Å². The summed E-state index contributed by atoms with van der Waals surface area (Å²) in [6, 6.07) is 0. The second kappa shape index (κ2) is 6.77. The van der Waals surface area contributed by atoms with Gasteiger partial charge in [0.1, 0.15) is 5.60 Å². The van der Waals surface area contributed by atoms with Crippen molar-refractivity contribution in [2.45, 2.75) is 60.0 Å². The van der Waals surface area contributed by atoms with Crippen molar-refractivity contribution >= 4 is 6.09 Å². The van der Waals surface area contributed by atoms with Crippen LogP contribution in [-0.2, 0) is 4.74 Å². The third kappa shape index (κ3) is 7.55. The van der Waals surface area contributed by atoms with Crippen molar-refractivity contribution in [1.29, 1.82) is 0 Å². The second-order valence-corrected chi connectivity index (χ2v) is 5.67. The molecule has 0 heterocycles. The Labute approximate surface area is 100 Å². The summed E-state index contributed by atoms with van der Waals surface area (Å²) in [5.74, 6) is 0.476. The maximum Gasteiger partial charge on any atom is 0.410 e. The van der Waals surface area contributed by atoms with Crippen LogP contribution in [0.2, 0.25) is 0 Å². The Morgan fingerprint density at radius 3 is 2.25 bits per heavy atom. The molecule has 0 saturated carbocycles. The topological polar surface area (TPSA) is 29.5 Å². The molecule has 3 heteroatoms. The molecule has 0 radical (unpaired) electrons. The summed E-state index contributed by atoms with van der Waals surface area (Å²) >= 11 is 0. The Hall–Kier alpha value is -0.730. The summed E-state index contributed by atoms with van der Waals surface area (Å²) in [5.41, 5.74) is -0.404. The smallest absolute Gasteiger partial charge is 0.410 e. The van der Waals surface area contributed by atoms with Gasteiger partial charge in [-0.3, -0.25) is 0 Å². The molecule has 0 aliphatic rings. The average molecular weight is 229 g/mol. The van der Waals surface area contributed by atoms with E-state index < -0.39 is 5.60 Å². The zero-order chi connectivity index (χ0) is 12.8. The second-order valence-electron chi connectivity index (χ2n) is 5.67. The van der Waals surface area contributed by atoms with Crippen LogP contribution in [0.3, 0.4) is 0 Å². The minimum absolute atomic E-state index is 0.186. The van der Waals surface area contributed by atoms with Gasteiger partial charge < -0.3 is 9.64 Å². The number of hydrogen-bond acceptors (Lipinski definition) is 2. The summed E-state index contributed by atoms with van der Waals surface area (Å²) in [7, 11) is 0. The molecule has 16 heavy (non-hydrogen) atoms. The number of rotatable bonds is 5. The molecule has 0 fully saturated rings. The third-order valence-corrected chi connectivity index (χ3v) is 2.02. The Bertz CT molecular complexity index is 206. The van der Waals surface area contributed by atoms with E-state index in [1.165, 1.54) is 0 Å². The lowest BCUT2D eigenvalue weighted by Crippen LogP contribution is -2.39. The van der Waals surface area contributed by atoms with E-state index in [1.54, 1.807) is 0 Å². The highest BCUT2D eigenvalue weighted by Crippen LogP contribution is 2.12. The monoisotopic (exact) mass is 229 g/mol. The predicted octanol–water partition coefficient (Wildman–Crippen LogP) is 3.68. The van der Waals surface area contributed by atoms with E-state index in [2.05, 4.69) is 20.8 Å². The van der Waals surface area contributed by atoms with Gasteiger partial charge in [-0.25, -0.2) is 4.79 Å². The SMILES string of the molecule is CCCCN(CC(C)C)C(=O)OC(C)(C)C. The van der Waals surface area contributed by atoms with Gasteiger partial charge in [0, 0.05) is 13.1 Å². The van der Waals surface area contributed by atoms with E-state index in [0.29, 0.717) is 5.92 Å². The average Bonchev–Trinajstić information content (AvgIpc) is 2.08. The molecule has 0 rings (SSSR count). The minimum atomic E-state index is -0.404. The summed E-state index contributed by atoms with van der Waals surface area (Å²) < 4.78 is 5.38. The molecule has 0 bridgehead atoms. The van der Waals surface area contributed by atoms with E-state index in [0.717, 1.165) is 25.9 Å². The van der Waals surface area contributed by atoms with Crippen LogP contribution in [0.1, 0.15) is 54.4 Å². The van der Waals surface area contributed by atoms with Crippen LogP contribution in [0.25, 0.3) is 0 Å². The summed E-state index contributed by atoms with van der Waals surface area (Å²) in [5, 5.41) is 0. The number of unbranched alkanes of at least 4 members (excludes halogenated alkanes) is 1. The molecule has 0 unspecified atom stereocenters. The van der Waals surface area contributed by atoms with Gasteiger partial charge in [0.15, 0.2) is 0 Å². The lowest BCUT2D eigenvalue weighted by molar-refractivity contribution is 0.0226. The van der Waals surface area contributed by atoms with Crippen molar-refractivity contribution in [3.63, 3.8) is 0 Å². The highest BCUT2D eigenvalue weighted by Gasteiger charge is 2.22. The summed E-state index contributed by atoms with van der Waals surface area (Å²) in [6.45, 7) is 13.6. The first-order valence-electron chi connectivity index (χ1n) is 6.24. The Morgan fingerprint density at radius 2 is 1.88 bits per heavy atom. The molecule has 96 valence electrons. The van der Waals surface area contributed by atoms with Gasteiger partial charge in [0.2, 0.25) is 0 Å². The number of amides is 1. The van der Waals surface area contributed by atoms with Gasteiger partial charge >= 0.3 is 6.09 Å². The summed E-state index contributed by atoms with van der Waals surface area (Å²) in [6.07, 6.45) is 1.94. The Morgan fingerprint density at radius 1 is 1.31 bits per heavy atom. The lowest BCUT2D eigenvalue weighted by Gasteiger charge is -2.28. The fourth-order valence-corrected chi connectivity index (χ4v) is 1.37. The molecule has 0 aromatic heterocycles. The molecule has 0 aliphatic carbocycles. The van der Waals surface area contributed by atoms with Gasteiger partial charge in [-0.15, -0.1) is 0 Å². The van der Waals surface area contributed by atoms with Crippen LogP contribution >= 0.6 is 0 Å². The highest BCUT2D eigenvalue weighted by atomic mass is 16.6. The largest absolute Gasteiger partial charge is 0.444 e. The molecule has 3 nitrogen and oxygen atoms in total. The van der Waals surface area contributed by atoms with Crippen LogP contribution in [-0.4, -0.2) is 29.7 Å². The van der Waals surface area contributed by atoms with Gasteiger partial charge in [-0.05, 0) is 33.1 Å². The van der Waals surface area contributed by atoms with Crippen molar-refractivity contribution in [1.82, 2.24) is 4.90 Å². The molecule has 0 aromatic carbocycles. The first-order valence-corrected chi connectivity index (χ1v) is 6.24. The van der Waals surface area contributed by atoms with E-state index in [-0.39, 0.29) is 6.09 Å². The van der Waals surface area contributed by atoms with Crippen molar-refractivity contribution in [3.05, 3.63) is 0 Å². The number of ether oxygens (including phenoxy) is 1. The van der Waals surface area contributed by atoms with Crippen LogP contribution in [0.5, 0.6) is 0 Å². The van der Waals surface area contributed by atoms with Gasteiger partial charge in [-0.2, -0.15) is 0 Å².